The number of pyridine rings is 1. The minimum Gasteiger partial charge on any atom is -0.385 e. The van der Waals surface area contributed by atoms with Gasteiger partial charge < -0.3 is 15.8 Å². The van der Waals surface area contributed by atoms with Gasteiger partial charge in [-0.2, -0.15) is 0 Å². The van der Waals surface area contributed by atoms with Crippen molar-refractivity contribution in [3.8, 4) is 0 Å². The highest BCUT2D eigenvalue weighted by molar-refractivity contribution is 6.03. The third-order valence-corrected chi connectivity index (χ3v) is 4.99. The summed E-state index contributed by atoms with van der Waals surface area (Å²) >= 11 is 0. The number of halogens is 4. The fourth-order valence-electron chi connectivity index (χ4n) is 3.10. The number of ether oxygens (including phenoxy) is 1. The second kappa shape index (κ2) is 8.39. The van der Waals surface area contributed by atoms with Crippen molar-refractivity contribution in [2.75, 3.05) is 31.9 Å². The summed E-state index contributed by atoms with van der Waals surface area (Å²) in [7, 11) is 0. The van der Waals surface area contributed by atoms with E-state index in [9.17, 15) is 22.4 Å². The molecule has 0 saturated carbocycles. The van der Waals surface area contributed by atoms with E-state index in [1.54, 1.807) is 19.1 Å². The zero-order valence-electron chi connectivity index (χ0n) is 16.1. The number of hydrogen-bond acceptors (Lipinski definition) is 5. The summed E-state index contributed by atoms with van der Waals surface area (Å²) in [5.41, 5.74) is 2.29. The van der Waals surface area contributed by atoms with E-state index in [0.29, 0.717) is 5.56 Å². The Balaban J connectivity index is 1.97. The Hall–Kier alpha value is -3.01. The zero-order chi connectivity index (χ0) is 21.9. The lowest BCUT2D eigenvalue weighted by Crippen LogP contribution is -2.58. The van der Waals surface area contributed by atoms with Gasteiger partial charge in [0, 0.05) is 17.4 Å². The number of rotatable bonds is 6. The van der Waals surface area contributed by atoms with Gasteiger partial charge in [-0.05, 0) is 36.8 Å². The van der Waals surface area contributed by atoms with Crippen LogP contribution in [0.4, 0.5) is 23.2 Å². The van der Waals surface area contributed by atoms with Gasteiger partial charge >= 0.3 is 0 Å². The number of carbonyl (C=O) groups is 1. The van der Waals surface area contributed by atoms with Crippen molar-refractivity contribution in [1.29, 1.82) is 0 Å². The molecule has 6 nitrogen and oxygen atoms in total. The van der Waals surface area contributed by atoms with Crippen LogP contribution in [0.5, 0.6) is 0 Å². The smallest absolute Gasteiger partial charge is 0.274 e. The van der Waals surface area contributed by atoms with E-state index in [1.165, 1.54) is 18.3 Å². The molecular weight excluding hydrogens is 404 g/mol. The summed E-state index contributed by atoms with van der Waals surface area (Å²) in [5, 5.41) is 2.57. The highest BCUT2D eigenvalue weighted by Crippen LogP contribution is 2.37. The van der Waals surface area contributed by atoms with Crippen molar-refractivity contribution < 1.29 is 27.1 Å². The van der Waals surface area contributed by atoms with Crippen LogP contribution >= 0.6 is 0 Å². The molecule has 1 aromatic heterocycles. The maximum atomic E-state index is 14.6. The van der Waals surface area contributed by atoms with Crippen molar-refractivity contribution in [2.24, 2.45) is 10.7 Å². The molecule has 10 heteroatoms. The average Bonchev–Trinajstić information content (AvgIpc) is 2.75. The molecule has 0 aliphatic carbocycles. The molecule has 0 saturated heterocycles. The lowest BCUT2D eigenvalue weighted by Gasteiger charge is -2.40. The van der Waals surface area contributed by atoms with Crippen LogP contribution in [-0.2, 0) is 10.3 Å². The van der Waals surface area contributed by atoms with Crippen LogP contribution in [0.3, 0.4) is 0 Å². The summed E-state index contributed by atoms with van der Waals surface area (Å²) in [6.45, 7) is -2.77. The molecule has 2 heterocycles. The fraction of sp³-hybridized carbons (Fsp3) is 0.350. The molecule has 30 heavy (non-hydrogen) atoms. The molecule has 2 aromatic rings. The van der Waals surface area contributed by atoms with E-state index >= 15 is 0 Å². The van der Waals surface area contributed by atoms with Gasteiger partial charge in [-0.3, -0.25) is 14.8 Å². The van der Waals surface area contributed by atoms with Gasteiger partial charge in [0.05, 0.1) is 6.61 Å². The fourth-order valence-corrected chi connectivity index (χ4v) is 3.10. The van der Waals surface area contributed by atoms with Crippen LogP contribution in [0.25, 0.3) is 0 Å². The predicted octanol–water partition coefficient (Wildman–Crippen LogP) is 3.01. The van der Waals surface area contributed by atoms with Crippen LogP contribution < -0.4 is 11.1 Å². The number of anilines is 1. The Morgan fingerprint density at radius 2 is 1.97 bits per heavy atom. The number of alkyl halides is 3. The Morgan fingerprint density at radius 3 is 2.57 bits per heavy atom. The maximum absolute atomic E-state index is 14.6. The number of nitrogens with zero attached hydrogens (tertiary/aromatic N) is 2. The van der Waals surface area contributed by atoms with Gasteiger partial charge in [0.2, 0.25) is 0 Å². The monoisotopic (exact) mass is 424 g/mol. The maximum Gasteiger partial charge on any atom is 0.274 e. The lowest BCUT2D eigenvalue weighted by atomic mass is 9.88. The number of nitrogens with two attached hydrogens (primary N) is 1. The molecule has 1 amide bonds. The summed E-state index contributed by atoms with van der Waals surface area (Å²) in [5.74, 6) is -1.99. The van der Waals surface area contributed by atoms with Crippen molar-refractivity contribution in [3.63, 3.8) is 0 Å². The van der Waals surface area contributed by atoms with Crippen LogP contribution in [-0.4, -0.2) is 49.0 Å². The molecule has 3 N–H and O–H groups in total. The van der Waals surface area contributed by atoms with Gasteiger partial charge in [-0.15, -0.1) is 0 Å². The van der Waals surface area contributed by atoms with Crippen LogP contribution in [0, 0.1) is 12.7 Å². The van der Waals surface area contributed by atoms with E-state index in [4.69, 9.17) is 10.5 Å². The van der Waals surface area contributed by atoms with E-state index in [1.807, 2.05) is 0 Å². The number of aliphatic imine (C=N–C) groups is 1. The van der Waals surface area contributed by atoms with Crippen molar-refractivity contribution >= 4 is 17.4 Å². The molecular formula is C20H20F4N4O2. The summed E-state index contributed by atoms with van der Waals surface area (Å²) < 4.78 is 60.4. The molecule has 0 fully saturated rings. The minimum absolute atomic E-state index is 0.149. The summed E-state index contributed by atoms with van der Waals surface area (Å²) in [6, 6.07) is 6.86. The second-order valence-corrected chi connectivity index (χ2v) is 7.03. The van der Waals surface area contributed by atoms with Gasteiger partial charge in [-0.25, -0.2) is 17.6 Å². The van der Waals surface area contributed by atoms with E-state index in [-0.39, 0.29) is 16.9 Å². The highest BCUT2D eigenvalue weighted by atomic mass is 19.1. The number of nitrogens with one attached hydrogen (secondary N) is 1. The van der Waals surface area contributed by atoms with E-state index in [2.05, 4.69) is 15.3 Å². The first-order valence-corrected chi connectivity index (χ1v) is 9.01. The number of carbonyl (C=O) groups excluding carboxylic acids is 1. The number of hydrogen-bond donors (Lipinski definition) is 2. The molecule has 0 radical (unpaired) electrons. The number of benzene rings is 1. The van der Waals surface area contributed by atoms with E-state index in [0.717, 1.165) is 6.07 Å². The number of amides is 1. The van der Waals surface area contributed by atoms with Gasteiger partial charge in [-0.1, -0.05) is 6.07 Å². The predicted molar refractivity (Wildman–Crippen MR) is 103 cm³/mol. The summed E-state index contributed by atoms with van der Waals surface area (Å²) in [6.07, 6.45) is 1.45. The van der Waals surface area contributed by atoms with Crippen molar-refractivity contribution in [3.05, 3.63) is 59.2 Å². The topological polar surface area (TPSA) is 89.6 Å². The van der Waals surface area contributed by atoms with Crippen LogP contribution in [0.15, 0.2) is 41.5 Å². The number of aromatic nitrogens is 1. The normalized spacial score (nSPS) is 20.5. The SMILES string of the molecule is Cc1cccnc1C(=O)Nc1ccc(F)c([C@]2(CF)COC(CF)(CF)C(N)=N2)c1. The number of amidine groups is 1. The molecule has 1 aromatic carbocycles. The Bertz CT molecular complexity index is 981. The van der Waals surface area contributed by atoms with Gasteiger partial charge in [0.1, 0.15) is 42.9 Å². The molecule has 1 aliphatic heterocycles. The molecule has 160 valence electrons. The zero-order valence-corrected chi connectivity index (χ0v) is 16.1. The molecule has 0 bridgehead atoms. The summed E-state index contributed by atoms with van der Waals surface area (Å²) in [4.78, 5) is 20.4. The van der Waals surface area contributed by atoms with Gasteiger partial charge in [0.25, 0.3) is 5.91 Å². The first-order valence-electron chi connectivity index (χ1n) is 9.01. The lowest BCUT2D eigenvalue weighted by molar-refractivity contribution is -0.0644. The largest absolute Gasteiger partial charge is 0.385 e. The molecule has 1 aliphatic rings. The Labute approximate surface area is 170 Å². The third kappa shape index (κ3) is 3.74. The standard InChI is InChI=1S/C20H20F4N4O2/c1-12-3-2-6-26-16(12)17(29)27-13-4-5-15(24)14(7-13)19(8-21)11-30-20(9-22,10-23)18(25)28-19/h2-7H,8-11H2,1H3,(H2,25,28)(H,27,29)/t19-/m0/s1. The second-order valence-electron chi connectivity index (χ2n) is 7.03. The quantitative estimate of drug-likeness (QED) is 0.698. The molecule has 0 spiro atoms. The Kier molecular flexibility index (Phi) is 6.06. The average molecular weight is 424 g/mol. The molecule has 0 unspecified atom stereocenters. The Morgan fingerprint density at radius 1 is 1.23 bits per heavy atom. The molecule has 3 rings (SSSR count). The first kappa shape index (κ1) is 21.7. The van der Waals surface area contributed by atoms with E-state index < -0.39 is 55.3 Å². The van der Waals surface area contributed by atoms with Crippen molar-refractivity contribution in [2.45, 2.75) is 18.1 Å². The highest BCUT2D eigenvalue weighted by Gasteiger charge is 2.48. The van der Waals surface area contributed by atoms with Crippen LogP contribution in [0.2, 0.25) is 0 Å². The number of aryl methyl sites for hydroxylation is 1. The molecule has 1 atom stereocenters. The van der Waals surface area contributed by atoms with Crippen LogP contribution in [0.1, 0.15) is 21.6 Å². The first-order chi connectivity index (χ1) is 14.3. The minimum atomic E-state index is -2.11. The van der Waals surface area contributed by atoms with Crippen molar-refractivity contribution in [1.82, 2.24) is 4.98 Å². The third-order valence-electron chi connectivity index (χ3n) is 4.99. The van der Waals surface area contributed by atoms with Gasteiger partial charge in [0.15, 0.2) is 5.60 Å².